The van der Waals surface area contributed by atoms with Crippen LogP contribution in [0.1, 0.15) is 31.4 Å². The smallest absolute Gasteiger partial charge is 0.264 e. The normalized spacial score (nSPS) is 13.7. The largest absolute Gasteiger partial charge is 0.486 e. The van der Waals surface area contributed by atoms with Gasteiger partial charge in [0.15, 0.2) is 11.5 Å². The maximum atomic E-state index is 15.1. The molecule has 1 aliphatic heterocycles. The maximum absolute atomic E-state index is 15.1. The molecule has 2 amide bonds. The molecule has 1 N–H and O–H groups in total. The van der Waals surface area contributed by atoms with Gasteiger partial charge in [0, 0.05) is 30.6 Å². The molecule has 0 spiro atoms. The predicted molar refractivity (Wildman–Crippen MR) is 177 cm³/mol. The number of ether oxygens (including phenoxy) is 2. The van der Waals surface area contributed by atoms with Gasteiger partial charge in [-0.3, -0.25) is 13.9 Å². The fourth-order valence-electron chi connectivity index (χ4n) is 5.24. The van der Waals surface area contributed by atoms with Crippen LogP contribution in [0, 0.1) is 5.82 Å². The molecular formula is C36H38FN3O6S. The van der Waals surface area contributed by atoms with E-state index in [1.807, 2.05) is 44.2 Å². The SMILES string of the molecule is CC[C@H](C)NC(=O)[C@@H](Cc1ccccc1)N(Cc1ccccc1F)C(=O)CN(c1ccc2c(c1)OCCO2)S(=O)(=O)c1ccccc1. The number of sulfonamides is 1. The minimum Gasteiger partial charge on any atom is -0.486 e. The second kappa shape index (κ2) is 15.1. The zero-order valence-electron chi connectivity index (χ0n) is 26.3. The molecule has 0 aliphatic carbocycles. The third kappa shape index (κ3) is 8.10. The topological polar surface area (TPSA) is 105 Å². The summed E-state index contributed by atoms with van der Waals surface area (Å²) in [6.07, 6.45) is 0.775. The third-order valence-electron chi connectivity index (χ3n) is 7.99. The quantitative estimate of drug-likeness (QED) is 0.208. The zero-order chi connectivity index (χ0) is 33.4. The lowest BCUT2D eigenvalue weighted by Crippen LogP contribution is -2.54. The lowest BCUT2D eigenvalue weighted by Gasteiger charge is -2.34. The van der Waals surface area contributed by atoms with E-state index in [1.54, 1.807) is 42.5 Å². The van der Waals surface area contributed by atoms with Gasteiger partial charge in [-0.15, -0.1) is 0 Å². The minimum absolute atomic E-state index is 0.0290. The van der Waals surface area contributed by atoms with E-state index in [9.17, 15) is 18.0 Å². The number of amides is 2. The summed E-state index contributed by atoms with van der Waals surface area (Å²) in [5, 5.41) is 2.97. The number of carbonyl (C=O) groups is 2. The summed E-state index contributed by atoms with van der Waals surface area (Å²) in [6.45, 7) is 3.48. The van der Waals surface area contributed by atoms with Gasteiger partial charge in [0.05, 0.1) is 10.6 Å². The molecule has 5 rings (SSSR count). The van der Waals surface area contributed by atoms with Crippen molar-refractivity contribution in [3.63, 3.8) is 0 Å². The van der Waals surface area contributed by atoms with Crippen LogP contribution in [0.4, 0.5) is 10.1 Å². The van der Waals surface area contributed by atoms with E-state index in [1.165, 1.54) is 35.2 Å². The number of nitrogens with one attached hydrogen (secondary N) is 1. The minimum atomic E-state index is -4.30. The molecule has 246 valence electrons. The van der Waals surface area contributed by atoms with Crippen molar-refractivity contribution in [2.24, 2.45) is 0 Å². The van der Waals surface area contributed by atoms with Gasteiger partial charge >= 0.3 is 0 Å². The van der Waals surface area contributed by atoms with Crippen molar-refractivity contribution in [2.75, 3.05) is 24.1 Å². The molecule has 0 radical (unpaired) electrons. The van der Waals surface area contributed by atoms with Crippen LogP contribution < -0.4 is 19.1 Å². The van der Waals surface area contributed by atoms with Crippen molar-refractivity contribution in [2.45, 2.75) is 50.2 Å². The Morgan fingerprint density at radius 2 is 1.51 bits per heavy atom. The van der Waals surface area contributed by atoms with Crippen LogP contribution in [0.15, 0.2) is 108 Å². The molecule has 0 fully saturated rings. The molecule has 0 bridgehead atoms. The maximum Gasteiger partial charge on any atom is 0.264 e. The first-order chi connectivity index (χ1) is 22.7. The number of anilines is 1. The van der Waals surface area contributed by atoms with Crippen LogP contribution in [0.25, 0.3) is 0 Å². The van der Waals surface area contributed by atoms with Crippen LogP contribution in [-0.2, 0) is 32.6 Å². The van der Waals surface area contributed by atoms with Gasteiger partial charge < -0.3 is 19.7 Å². The van der Waals surface area contributed by atoms with Crippen molar-refractivity contribution in [3.8, 4) is 11.5 Å². The molecule has 2 atom stereocenters. The number of nitrogens with zero attached hydrogens (tertiary/aromatic N) is 2. The van der Waals surface area contributed by atoms with E-state index in [0.717, 1.165) is 9.87 Å². The van der Waals surface area contributed by atoms with Gasteiger partial charge in [-0.1, -0.05) is 73.7 Å². The van der Waals surface area contributed by atoms with Crippen molar-refractivity contribution >= 4 is 27.5 Å². The van der Waals surface area contributed by atoms with Gasteiger partial charge in [-0.05, 0) is 49.2 Å². The van der Waals surface area contributed by atoms with E-state index in [0.29, 0.717) is 24.5 Å². The number of hydrogen-bond donors (Lipinski definition) is 1. The van der Waals surface area contributed by atoms with E-state index in [2.05, 4.69) is 5.32 Å². The highest BCUT2D eigenvalue weighted by Gasteiger charge is 2.35. The molecule has 1 heterocycles. The first kappa shape index (κ1) is 33.5. The number of hydrogen-bond acceptors (Lipinski definition) is 6. The second-order valence-electron chi connectivity index (χ2n) is 11.3. The third-order valence-corrected chi connectivity index (χ3v) is 9.78. The van der Waals surface area contributed by atoms with E-state index in [4.69, 9.17) is 9.47 Å². The van der Waals surface area contributed by atoms with Gasteiger partial charge in [-0.25, -0.2) is 12.8 Å². The van der Waals surface area contributed by atoms with Crippen LogP contribution in [0.2, 0.25) is 0 Å². The molecule has 4 aromatic rings. The average molecular weight is 660 g/mol. The average Bonchev–Trinajstić information content (AvgIpc) is 3.09. The highest BCUT2D eigenvalue weighted by atomic mass is 32.2. The molecule has 9 nitrogen and oxygen atoms in total. The first-order valence-corrected chi connectivity index (χ1v) is 17.0. The lowest BCUT2D eigenvalue weighted by molar-refractivity contribution is -0.140. The molecular weight excluding hydrogens is 621 g/mol. The van der Waals surface area contributed by atoms with E-state index < -0.39 is 40.2 Å². The number of carbonyl (C=O) groups excluding carboxylic acids is 2. The van der Waals surface area contributed by atoms with Gasteiger partial charge in [0.25, 0.3) is 10.0 Å². The van der Waals surface area contributed by atoms with Gasteiger partial charge in [0.1, 0.15) is 31.6 Å². The van der Waals surface area contributed by atoms with Crippen molar-refractivity contribution in [1.29, 1.82) is 0 Å². The Bertz CT molecular complexity index is 1790. The summed E-state index contributed by atoms with van der Waals surface area (Å²) in [5.74, 6) is -0.874. The number of fused-ring (bicyclic) bond motifs is 1. The van der Waals surface area contributed by atoms with Gasteiger partial charge in [-0.2, -0.15) is 0 Å². The Hall–Kier alpha value is -4.90. The van der Waals surface area contributed by atoms with Gasteiger partial charge in [0.2, 0.25) is 11.8 Å². The molecule has 4 aromatic carbocycles. The van der Waals surface area contributed by atoms with Crippen molar-refractivity contribution < 1.29 is 31.9 Å². The lowest BCUT2D eigenvalue weighted by atomic mass is 10.0. The Kier molecular flexibility index (Phi) is 10.8. The van der Waals surface area contributed by atoms with Crippen LogP contribution in [0.3, 0.4) is 0 Å². The fourth-order valence-corrected chi connectivity index (χ4v) is 6.67. The highest BCUT2D eigenvalue weighted by molar-refractivity contribution is 7.92. The van der Waals surface area contributed by atoms with E-state index in [-0.39, 0.29) is 41.8 Å². The second-order valence-corrected chi connectivity index (χ2v) is 13.2. The standard InChI is InChI=1S/C36H38FN3O6S/c1-3-26(2)38-36(42)32(22-27-12-6-4-7-13-27)39(24-28-14-10-11-17-31(28)37)35(41)25-40(47(43,44)30-15-8-5-9-16-30)29-18-19-33-34(23-29)46-21-20-45-33/h4-19,23,26,32H,3,20-22,24-25H2,1-2H3,(H,38,42)/t26-,32+/m0/s1. The summed E-state index contributed by atoms with van der Waals surface area (Å²) >= 11 is 0. The molecule has 1 aliphatic rings. The Balaban J connectivity index is 1.59. The summed E-state index contributed by atoms with van der Waals surface area (Å²) in [4.78, 5) is 29.7. The molecule has 0 saturated carbocycles. The molecule has 0 aromatic heterocycles. The summed E-state index contributed by atoms with van der Waals surface area (Å²) in [5.41, 5.74) is 1.14. The highest BCUT2D eigenvalue weighted by Crippen LogP contribution is 2.36. The predicted octanol–water partition coefficient (Wildman–Crippen LogP) is 5.35. The molecule has 0 unspecified atom stereocenters. The Morgan fingerprint density at radius 3 is 2.19 bits per heavy atom. The number of rotatable bonds is 13. The molecule has 0 saturated heterocycles. The van der Waals surface area contributed by atoms with Crippen LogP contribution >= 0.6 is 0 Å². The monoisotopic (exact) mass is 659 g/mol. The first-order valence-electron chi connectivity index (χ1n) is 15.5. The van der Waals surface area contributed by atoms with Crippen LogP contribution in [0.5, 0.6) is 11.5 Å². The Morgan fingerprint density at radius 1 is 0.872 bits per heavy atom. The fraction of sp³-hybridized carbons (Fsp3) is 0.278. The van der Waals surface area contributed by atoms with Crippen molar-refractivity contribution in [1.82, 2.24) is 10.2 Å². The number of halogens is 1. The van der Waals surface area contributed by atoms with E-state index >= 15 is 4.39 Å². The van der Waals surface area contributed by atoms with Crippen molar-refractivity contribution in [3.05, 3.63) is 120 Å². The number of benzene rings is 4. The zero-order valence-corrected chi connectivity index (χ0v) is 27.2. The van der Waals surface area contributed by atoms with Crippen LogP contribution in [-0.4, -0.2) is 57.0 Å². The summed E-state index contributed by atoms with van der Waals surface area (Å²) < 4.78 is 55.8. The molecule has 47 heavy (non-hydrogen) atoms. The molecule has 11 heteroatoms. The summed E-state index contributed by atoms with van der Waals surface area (Å²) in [6, 6.07) is 26.3. The summed E-state index contributed by atoms with van der Waals surface area (Å²) in [7, 11) is -4.30. The Labute approximate surface area is 275 Å².